The standard InChI is InChI=1S/C23H23N3O3/c1-18-11-13-21(14-12-18)28-15-16-29-22-10-6-5-7-19(22)17-24-26-23(27)25-20-8-3-2-4-9-20/h2-14,17H,15-16H2,1H3,(H2,25,26,27)/b24-17+. The number of rotatable bonds is 8. The molecule has 0 saturated heterocycles. The fraction of sp³-hybridized carbons (Fsp3) is 0.130. The number of nitrogens with zero attached hydrogens (tertiary/aromatic N) is 1. The second-order valence-corrected chi connectivity index (χ2v) is 6.24. The quantitative estimate of drug-likeness (QED) is 0.336. The fourth-order valence-electron chi connectivity index (χ4n) is 2.51. The molecule has 148 valence electrons. The summed E-state index contributed by atoms with van der Waals surface area (Å²) in [6, 6.07) is 24.1. The number of anilines is 1. The molecule has 29 heavy (non-hydrogen) atoms. The van der Waals surface area contributed by atoms with Crippen molar-refractivity contribution in [1.82, 2.24) is 5.43 Å². The second kappa shape index (κ2) is 10.5. The molecule has 3 aromatic rings. The molecule has 0 aliphatic carbocycles. The summed E-state index contributed by atoms with van der Waals surface area (Å²) in [6.45, 7) is 2.85. The molecule has 6 heteroatoms. The number of amides is 2. The van der Waals surface area contributed by atoms with Crippen LogP contribution >= 0.6 is 0 Å². The monoisotopic (exact) mass is 389 g/mol. The van der Waals surface area contributed by atoms with Crippen LogP contribution in [0.5, 0.6) is 11.5 Å². The van der Waals surface area contributed by atoms with Crippen LogP contribution in [-0.2, 0) is 0 Å². The molecule has 0 heterocycles. The van der Waals surface area contributed by atoms with E-state index in [4.69, 9.17) is 9.47 Å². The van der Waals surface area contributed by atoms with Crippen molar-refractivity contribution >= 4 is 17.9 Å². The van der Waals surface area contributed by atoms with Gasteiger partial charge in [-0.1, -0.05) is 48.0 Å². The first kappa shape index (κ1) is 19.9. The number of aryl methyl sites for hydroxylation is 1. The fourth-order valence-corrected chi connectivity index (χ4v) is 2.51. The number of benzene rings is 3. The van der Waals surface area contributed by atoms with Crippen molar-refractivity contribution < 1.29 is 14.3 Å². The lowest BCUT2D eigenvalue weighted by atomic mass is 10.2. The van der Waals surface area contributed by atoms with Gasteiger partial charge in [-0.3, -0.25) is 0 Å². The molecular formula is C23H23N3O3. The van der Waals surface area contributed by atoms with Crippen LogP contribution in [0, 0.1) is 6.92 Å². The Morgan fingerprint density at radius 1 is 0.897 bits per heavy atom. The van der Waals surface area contributed by atoms with Gasteiger partial charge < -0.3 is 14.8 Å². The first-order chi connectivity index (χ1) is 14.2. The zero-order valence-corrected chi connectivity index (χ0v) is 16.2. The van der Waals surface area contributed by atoms with Crippen molar-refractivity contribution in [2.75, 3.05) is 18.5 Å². The van der Waals surface area contributed by atoms with Gasteiger partial charge in [0.25, 0.3) is 0 Å². The minimum absolute atomic E-state index is 0.390. The number of carbonyl (C=O) groups is 1. The molecule has 0 bridgehead atoms. The van der Waals surface area contributed by atoms with Crippen LogP contribution in [0.25, 0.3) is 0 Å². The highest BCUT2D eigenvalue weighted by molar-refractivity contribution is 5.90. The number of urea groups is 1. The number of hydrogen-bond donors (Lipinski definition) is 2. The van der Waals surface area contributed by atoms with Gasteiger partial charge in [0.2, 0.25) is 0 Å². The van der Waals surface area contributed by atoms with E-state index >= 15 is 0 Å². The van der Waals surface area contributed by atoms with Crippen LogP contribution in [0.2, 0.25) is 0 Å². The predicted molar refractivity (Wildman–Crippen MR) is 115 cm³/mol. The lowest BCUT2D eigenvalue weighted by Gasteiger charge is -2.10. The maximum atomic E-state index is 11.9. The molecule has 0 aromatic heterocycles. The Bertz CT molecular complexity index is 941. The Hall–Kier alpha value is -3.80. The summed E-state index contributed by atoms with van der Waals surface area (Å²) >= 11 is 0. The highest BCUT2D eigenvalue weighted by Gasteiger charge is 2.02. The Morgan fingerprint density at radius 3 is 2.38 bits per heavy atom. The summed E-state index contributed by atoms with van der Waals surface area (Å²) < 4.78 is 11.5. The average Bonchev–Trinajstić information content (AvgIpc) is 2.74. The van der Waals surface area contributed by atoms with Crippen LogP contribution < -0.4 is 20.2 Å². The normalized spacial score (nSPS) is 10.5. The van der Waals surface area contributed by atoms with E-state index in [1.807, 2.05) is 73.7 Å². The van der Waals surface area contributed by atoms with E-state index < -0.39 is 6.03 Å². The SMILES string of the molecule is Cc1ccc(OCCOc2ccccc2/C=N/NC(=O)Nc2ccccc2)cc1. The zero-order chi connectivity index (χ0) is 20.3. The molecule has 3 aromatic carbocycles. The van der Waals surface area contributed by atoms with E-state index in [0.29, 0.717) is 24.7 Å². The Kier molecular flexibility index (Phi) is 7.23. The first-order valence-corrected chi connectivity index (χ1v) is 9.27. The number of para-hydroxylation sites is 2. The maximum Gasteiger partial charge on any atom is 0.339 e. The summed E-state index contributed by atoms with van der Waals surface area (Å²) in [7, 11) is 0. The van der Waals surface area contributed by atoms with Crippen molar-refractivity contribution in [3.05, 3.63) is 90.0 Å². The third-order valence-corrected chi connectivity index (χ3v) is 3.95. The Balaban J connectivity index is 1.47. The maximum absolute atomic E-state index is 11.9. The predicted octanol–water partition coefficient (Wildman–Crippen LogP) is 4.61. The molecule has 0 spiro atoms. The molecular weight excluding hydrogens is 366 g/mol. The van der Waals surface area contributed by atoms with Crippen molar-refractivity contribution in [1.29, 1.82) is 0 Å². The highest BCUT2D eigenvalue weighted by atomic mass is 16.5. The molecule has 0 aliphatic heterocycles. The third kappa shape index (κ3) is 6.70. The summed E-state index contributed by atoms with van der Waals surface area (Å²) in [6.07, 6.45) is 1.54. The topological polar surface area (TPSA) is 72.0 Å². The lowest BCUT2D eigenvalue weighted by molar-refractivity contribution is 0.217. The van der Waals surface area contributed by atoms with Crippen molar-refractivity contribution in [2.45, 2.75) is 6.92 Å². The van der Waals surface area contributed by atoms with Gasteiger partial charge in [0.05, 0.1) is 6.21 Å². The van der Waals surface area contributed by atoms with E-state index in [2.05, 4.69) is 15.8 Å². The summed E-state index contributed by atoms with van der Waals surface area (Å²) in [5.41, 5.74) is 5.07. The molecule has 0 aliphatic rings. The Morgan fingerprint density at radius 2 is 1.59 bits per heavy atom. The number of carbonyl (C=O) groups excluding carboxylic acids is 1. The van der Waals surface area contributed by atoms with Crippen LogP contribution in [0.4, 0.5) is 10.5 Å². The molecule has 3 rings (SSSR count). The molecule has 0 radical (unpaired) electrons. The van der Waals surface area contributed by atoms with E-state index in [1.165, 1.54) is 5.56 Å². The minimum atomic E-state index is -0.419. The van der Waals surface area contributed by atoms with Gasteiger partial charge in [-0.05, 0) is 43.3 Å². The number of nitrogens with one attached hydrogen (secondary N) is 2. The van der Waals surface area contributed by atoms with Gasteiger partial charge in [0.1, 0.15) is 24.7 Å². The van der Waals surface area contributed by atoms with Gasteiger partial charge in [-0.15, -0.1) is 0 Å². The second-order valence-electron chi connectivity index (χ2n) is 6.24. The van der Waals surface area contributed by atoms with E-state index in [-0.39, 0.29) is 0 Å². The number of hydrazone groups is 1. The van der Waals surface area contributed by atoms with Gasteiger partial charge in [0, 0.05) is 11.3 Å². The smallest absolute Gasteiger partial charge is 0.339 e. The summed E-state index contributed by atoms with van der Waals surface area (Å²) in [5.74, 6) is 1.47. The van der Waals surface area contributed by atoms with Crippen LogP contribution in [0.3, 0.4) is 0 Å². The van der Waals surface area contributed by atoms with Gasteiger partial charge in [-0.2, -0.15) is 5.10 Å². The van der Waals surface area contributed by atoms with E-state index in [1.54, 1.807) is 18.3 Å². The van der Waals surface area contributed by atoms with Gasteiger partial charge in [-0.25, -0.2) is 10.2 Å². The number of ether oxygens (including phenoxy) is 2. The first-order valence-electron chi connectivity index (χ1n) is 9.27. The third-order valence-electron chi connectivity index (χ3n) is 3.95. The average molecular weight is 389 g/mol. The van der Waals surface area contributed by atoms with Crippen LogP contribution in [0.15, 0.2) is 84.0 Å². The van der Waals surface area contributed by atoms with E-state index in [9.17, 15) is 4.79 Å². The highest BCUT2D eigenvalue weighted by Crippen LogP contribution is 2.16. The largest absolute Gasteiger partial charge is 0.490 e. The van der Waals surface area contributed by atoms with Crippen molar-refractivity contribution in [3.63, 3.8) is 0 Å². The lowest BCUT2D eigenvalue weighted by Crippen LogP contribution is -2.24. The minimum Gasteiger partial charge on any atom is -0.490 e. The molecule has 0 fully saturated rings. The molecule has 0 saturated carbocycles. The molecule has 6 nitrogen and oxygen atoms in total. The summed E-state index contributed by atoms with van der Waals surface area (Å²) in [5, 5.41) is 6.68. The van der Waals surface area contributed by atoms with Gasteiger partial charge >= 0.3 is 6.03 Å². The summed E-state index contributed by atoms with van der Waals surface area (Å²) in [4.78, 5) is 11.9. The zero-order valence-electron chi connectivity index (χ0n) is 16.2. The van der Waals surface area contributed by atoms with Crippen LogP contribution in [-0.4, -0.2) is 25.5 Å². The molecule has 0 atom stereocenters. The molecule has 2 amide bonds. The molecule has 0 unspecified atom stereocenters. The number of hydrogen-bond acceptors (Lipinski definition) is 4. The Labute approximate surface area is 170 Å². The van der Waals surface area contributed by atoms with Crippen molar-refractivity contribution in [3.8, 4) is 11.5 Å². The van der Waals surface area contributed by atoms with E-state index in [0.717, 1.165) is 11.3 Å². The molecule has 2 N–H and O–H groups in total. The van der Waals surface area contributed by atoms with Crippen molar-refractivity contribution in [2.24, 2.45) is 5.10 Å². The van der Waals surface area contributed by atoms with Gasteiger partial charge in [0.15, 0.2) is 0 Å². The van der Waals surface area contributed by atoms with Crippen LogP contribution in [0.1, 0.15) is 11.1 Å².